The van der Waals surface area contributed by atoms with Crippen molar-refractivity contribution in [1.82, 2.24) is 25.1 Å². The van der Waals surface area contributed by atoms with Gasteiger partial charge in [-0.25, -0.2) is 0 Å². The van der Waals surface area contributed by atoms with Crippen LogP contribution < -0.4 is 5.32 Å². The molecule has 1 aromatic carbocycles. The lowest BCUT2D eigenvalue weighted by atomic mass is 10.2. The van der Waals surface area contributed by atoms with Crippen molar-refractivity contribution in [3.8, 4) is 0 Å². The van der Waals surface area contributed by atoms with Crippen molar-refractivity contribution in [3.63, 3.8) is 0 Å². The monoisotopic (exact) mass is 391 g/mol. The van der Waals surface area contributed by atoms with Gasteiger partial charge in [0.1, 0.15) is 5.01 Å². The van der Waals surface area contributed by atoms with Crippen LogP contribution in [0.15, 0.2) is 28.7 Å². The average molecular weight is 392 g/mol. The van der Waals surface area contributed by atoms with Crippen LogP contribution in [0.2, 0.25) is 0 Å². The van der Waals surface area contributed by atoms with Gasteiger partial charge in [-0.3, -0.25) is 4.79 Å². The predicted molar refractivity (Wildman–Crippen MR) is 90.8 cm³/mol. The number of benzene rings is 1. The molecule has 0 unspecified atom stereocenters. The summed E-state index contributed by atoms with van der Waals surface area (Å²) in [5.41, 5.74) is 0.655. The molecule has 118 valence electrons. The maximum absolute atomic E-state index is 12.0. The van der Waals surface area contributed by atoms with Gasteiger partial charge in [-0.2, -0.15) is 9.61 Å². The highest BCUT2D eigenvalue weighted by Crippen LogP contribution is 2.39. The first-order chi connectivity index (χ1) is 11.2. The van der Waals surface area contributed by atoms with Crippen LogP contribution in [0.4, 0.5) is 0 Å². The molecule has 0 aliphatic heterocycles. The number of fused-ring (bicyclic) bond motifs is 1. The average Bonchev–Trinajstić information content (AvgIpc) is 3.18. The van der Waals surface area contributed by atoms with Crippen molar-refractivity contribution >= 4 is 38.1 Å². The smallest absolute Gasteiger partial charge is 0.251 e. The number of nitrogens with one attached hydrogen (secondary N) is 1. The zero-order chi connectivity index (χ0) is 15.8. The zero-order valence-electron chi connectivity index (χ0n) is 12.2. The molecular formula is C15H14BrN5OS. The van der Waals surface area contributed by atoms with Crippen LogP contribution in [0.1, 0.15) is 39.9 Å². The Labute approximate surface area is 145 Å². The normalized spacial score (nSPS) is 14.3. The van der Waals surface area contributed by atoms with E-state index in [1.54, 1.807) is 12.1 Å². The summed E-state index contributed by atoms with van der Waals surface area (Å²) >= 11 is 4.89. The zero-order valence-corrected chi connectivity index (χ0v) is 14.6. The van der Waals surface area contributed by atoms with E-state index in [9.17, 15) is 4.79 Å². The van der Waals surface area contributed by atoms with Crippen LogP contribution >= 0.6 is 27.3 Å². The minimum Gasteiger partial charge on any atom is -0.352 e. The molecule has 1 fully saturated rings. The van der Waals surface area contributed by atoms with E-state index in [0.29, 0.717) is 24.4 Å². The van der Waals surface area contributed by atoms with Gasteiger partial charge in [0.05, 0.1) is 0 Å². The fourth-order valence-electron chi connectivity index (χ4n) is 2.36. The number of nitrogens with zero attached hydrogens (tertiary/aromatic N) is 4. The second-order valence-corrected chi connectivity index (χ2v) is 7.49. The van der Waals surface area contributed by atoms with Crippen LogP contribution in [0.5, 0.6) is 0 Å². The summed E-state index contributed by atoms with van der Waals surface area (Å²) in [5.74, 6) is 1.43. The Hall–Kier alpha value is -1.80. The molecule has 0 atom stereocenters. The van der Waals surface area contributed by atoms with Gasteiger partial charge in [-0.15, -0.1) is 10.2 Å². The maximum atomic E-state index is 12.0. The number of carbonyl (C=O) groups is 1. The Morgan fingerprint density at radius 2 is 2.09 bits per heavy atom. The van der Waals surface area contributed by atoms with Crippen molar-refractivity contribution in [2.75, 3.05) is 6.54 Å². The molecule has 2 aromatic heterocycles. The van der Waals surface area contributed by atoms with Crippen LogP contribution in [0, 0.1) is 0 Å². The van der Waals surface area contributed by atoms with Crippen molar-refractivity contribution < 1.29 is 4.79 Å². The molecule has 4 rings (SSSR count). The number of carbonyl (C=O) groups excluding carboxylic acids is 1. The van der Waals surface area contributed by atoms with E-state index in [0.717, 1.165) is 20.3 Å². The van der Waals surface area contributed by atoms with Gasteiger partial charge in [0.25, 0.3) is 5.91 Å². The van der Waals surface area contributed by atoms with E-state index in [1.807, 2.05) is 16.6 Å². The minimum absolute atomic E-state index is 0.0702. The molecule has 1 N–H and O–H groups in total. The van der Waals surface area contributed by atoms with E-state index >= 15 is 0 Å². The number of rotatable bonds is 5. The molecule has 6 nitrogen and oxygen atoms in total. The summed E-state index contributed by atoms with van der Waals surface area (Å²) in [6.45, 7) is 0.553. The van der Waals surface area contributed by atoms with Crippen LogP contribution in [-0.4, -0.2) is 32.3 Å². The lowest BCUT2D eigenvalue weighted by molar-refractivity contribution is 0.0954. The SMILES string of the molecule is O=C(NCCc1nn2c(C3CC3)nnc2s1)c1ccc(Br)cc1. The van der Waals surface area contributed by atoms with Crippen molar-refractivity contribution in [1.29, 1.82) is 0 Å². The Balaban J connectivity index is 1.37. The maximum Gasteiger partial charge on any atom is 0.251 e. The molecule has 0 saturated heterocycles. The Morgan fingerprint density at radius 1 is 1.30 bits per heavy atom. The Morgan fingerprint density at radius 3 is 2.83 bits per heavy atom. The fraction of sp³-hybridized carbons (Fsp3) is 0.333. The second-order valence-electron chi connectivity index (χ2n) is 5.54. The van der Waals surface area contributed by atoms with Crippen molar-refractivity contribution in [2.45, 2.75) is 25.2 Å². The van der Waals surface area contributed by atoms with Crippen LogP contribution in [-0.2, 0) is 6.42 Å². The second kappa shape index (κ2) is 6.01. The summed E-state index contributed by atoms with van der Waals surface area (Å²) in [4.78, 5) is 12.9. The van der Waals surface area contributed by atoms with Crippen molar-refractivity contribution in [3.05, 3.63) is 45.1 Å². The largest absolute Gasteiger partial charge is 0.352 e. The molecule has 1 amide bonds. The molecule has 0 radical (unpaired) electrons. The van der Waals surface area contributed by atoms with E-state index in [2.05, 4.69) is 36.5 Å². The highest BCUT2D eigenvalue weighted by molar-refractivity contribution is 9.10. The fourth-order valence-corrected chi connectivity index (χ4v) is 3.46. The number of hydrogen-bond acceptors (Lipinski definition) is 5. The summed E-state index contributed by atoms with van der Waals surface area (Å²) in [7, 11) is 0. The molecule has 0 bridgehead atoms. The predicted octanol–water partition coefficient (Wildman–Crippen LogP) is 2.80. The van der Waals surface area contributed by atoms with Crippen molar-refractivity contribution in [2.24, 2.45) is 0 Å². The topological polar surface area (TPSA) is 72.2 Å². The lowest BCUT2D eigenvalue weighted by Crippen LogP contribution is -2.25. The van der Waals surface area contributed by atoms with E-state index in [4.69, 9.17) is 0 Å². The summed E-state index contributed by atoms with van der Waals surface area (Å²) in [5, 5.41) is 16.8. The highest BCUT2D eigenvalue weighted by Gasteiger charge is 2.29. The summed E-state index contributed by atoms with van der Waals surface area (Å²) in [6.07, 6.45) is 3.05. The number of halogens is 1. The van der Waals surface area contributed by atoms with Gasteiger partial charge in [0.2, 0.25) is 4.96 Å². The van der Waals surface area contributed by atoms with E-state index in [-0.39, 0.29) is 5.91 Å². The van der Waals surface area contributed by atoms with Gasteiger partial charge in [0.15, 0.2) is 5.82 Å². The molecule has 3 aromatic rings. The molecule has 1 aliphatic rings. The number of hydrogen-bond donors (Lipinski definition) is 1. The molecule has 8 heteroatoms. The third-order valence-electron chi connectivity index (χ3n) is 3.73. The standard InChI is InChI=1S/C15H14BrN5OS/c16-11-5-3-10(4-6-11)14(22)17-8-7-12-20-21-13(9-1-2-9)18-19-15(21)23-12/h3-6,9H,1-2,7-8H2,(H,17,22). The van der Waals surface area contributed by atoms with Gasteiger partial charge in [-0.1, -0.05) is 27.3 Å². The third-order valence-corrected chi connectivity index (χ3v) is 5.22. The molecular weight excluding hydrogens is 378 g/mol. The van der Waals surface area contributed by atoms with Crippen LogP contribution in [0.3, 0.4) is 0 Å². The highest BCUT2D eigenvalue weighted by atomic mass is 79.9. The molecule has 2 heterocycles. The quantitative estimate of drug-likeness (QED) is 0.725. The molecule has 0 spiro atoms. The molecule has 1 saturated carbocycles. The molecule has 23 heavy (non-hydrogen) atoms. The van der Waals surface area contributed by atoms with Gasteiger partial charge < -0.3 is 5.32 Å². The first kappa shape index (κ1) is 14.8. The molecule has 1 aliphatic carbocycles. The van der Waals surface area contributed by atoms with Gasteiger partial charge in [-0.05, 0) is 37.1 Å². The summed E-state index contributed by atoms with van der Waals surface area (Å²) < 4.78 is 2.81. The Kier molecular flexibility index (Phi) is 3.86. The number of aromatic nitrogens is 4. The first-order valence-electron chi connectivity index (χ1n) is 7.45. The number of amides is 1. The van der Waals surface area contributed by atoms with Crippen LogP contribution in [0.25, 0.3) is 4.96 Å². The summed E-state index contributed by atoms with van der Waals surface area (Å²) in [6, 6.07) is 7.31. The van der Waals surface area contributed by atoms with Gasteiger partial charge >= 0.3 is 0 Å². The third kappa shape index (κ3) is 3.13. The van der Waals surface area contributed by atoms with E-state index < -0.39 is 0 Å². The Bertz CT molecular complexity index is 853. The lowest BCUT2D eigenvalue weighted by Gasteiger charge is -2.03. The van der Waals surface area contributed by atoms with Gasteiger partial charge in [0, 0.05) is 28.9 Å². The first-order valence-corrected chi connectivity index (χ1v) is 9.06. The minimum atomic E-state index is -0.0702. The van der Waals surface area contributed by atoms with E-state index in [1.165, 1.54) is 24.2 Å².